The highest BCUT2D eigenvalue weighted by Crippen LogP contribution is 2.18. The molecule has 0 aliphatic rings. The van der Waals surface area contributed by atoms with Gasteiger partial charge in [-0.05, 0) is 6.92 Å². The van der Waals surface area contributed by atoms with E-state index in [0.29, 0.717) is 11.3 Å². The van der Waals surface area contributed by atoms with Gasteiger partial charge in [-0.25, -0.2) is 0 Å². The number of hydrogen-bond acceptors (Lipinski definition) is 2. The van der Waals surface area contributed by atoms with Gasteiger partial charge in [0.2, 0.25) is 0 Å². The molecule has 0 fully saturated rings. The Hall–Kier alpha value is -0.740. The summed E-state index contributed by atoms with van der Waals surface area (Å²) in [5.41, 5.74) is 0.870. The highest BCUT2D eigenvalue weighted by Gasteiger charge is 2.17. The van der Waals surface area contributed by atoms with Crippen LogP contribution < -0.4 is 4.84 Å². The van der Waals surface area contributed by atoms with Gasteiger partial charge in [-0.1, -0.05) is 11.6 Å². The molecular weight excluding hydrogens is 201 g/mol. The summed E-state index contributed by atoms with van der Waals surface area (Å²) < 4.78 is 1.42. The molecule has 4 nitrogen and oxygen atoms in total. The minimum Gasteiger partial charge on any atom is -0.268 e. The maximum atomic E-state index is 11.1. The van der Waals surface area contributed by atoms with E-state index < -0.39 is 5.91 Å². The first kappa shape index (κ1) is 9.35. The fourth-order valence-electron chi connectivity index (χ4n) is 0.935. The van der Waals surface area contributed by atoms with Crippen molar-refractivity contribution in [3.63, 3.8) is 0 Å². The van der Waals surface area contributed by atoms with Gasteiger partial charge < -0.3 is 0 Å². The summed E-state index contributed by atoms with van der Waals surface area (Å²) in [6.45, 7) is 1.69. The highest BCUT2D eigenvalue weighted by atomic mass is 35.5. The predicted octanol–water partition coefficient (Wildman–Crippen LogP) is 1.27. The molecule has 0 bridgehead atoms. The van der Waals surface area contributed by atoms with E-state index in [4.69, 9.17) is 23.4 Å². The molecule has 1 heterocycles. The molecule has 1 amide bonds. The third-order valence-corrected chi connectivity index (χ3v) is 2.07. The lowest BCUT2D eigenvalue weighted by Gasteiger charge is -1.95. The van der Waals surface area contributed by atoms with Gasteiger partial charge in [-0.3, -0.25) is 14.3 Å². The third kappa shape index (κ3) is 1.40. The van der Waals surface area contributed by atoms with E-state index in [1.54, 1.807) is 14.0 Å². The average Bonchev–Trinajstić information content (AvgIpc) is 2.26. The molecule has 0 saturated carbocycles. The predicted molar refractivity (Wildman–Crippen MR) is 46.3 cm³/mol. The zero-order valence-corrected chi connectivity index (χ0v) is 8.07. The van der Waals surface area contributed by atoms with Gasteiger partial charge in [-0.15, -0.1) is 0 Å². The van der Waals surface area contributed by atoms with Gasteiger partial charge in [0.05, 0.1) is 5.69 Å². The van der Waals surface area contributed by atoms with Crippen LogP contribution in [0.25, 0.3) is 0 Å². The molecule has 66 valence electrons. The Bertz CT molecular complexity index is 321. The molecule has 0 unspecified atom stereocenters. The van der Waals surface area contributed by atoms with E-state index in [9.17, 15) is 4.79 Å². The third-order valence-electron chi connectivity index (χ3n) is 1.47. The minimum absolute atomic E-state index is 0.283. The van der Waals surface area contributed by atoms with Crippen molar-refractivity contribution in [1.29, 1.82) is 0 Å². The number of nitrogens with one attached hydrogen (secondary N) is 1. The zero-order chi connectivity index (χ0) is 9.30. The summed E-state index contributed by atoms with van der Waals surface area (Å²) in [4.78, 5) is 13.1. The largest absolute Gasteiger partial charge is 0.270 e. The van der Waals surface area contributed by atoms with E-state index in [-0.39, 0.29) is 5.15 Å². The van der Waals surface area contributed by atoms with Gasteiger partial charge in [0.1, 0.15) is 10.7 Å². The molecule has 0 aromatic carbocycles. The SMILES string of the molecule is Cc1nn(C)c(Cl)c1C(=O)NCl. The number of carbonyl (C=O) groups excluding carboxylic acids is 1. The fourth-order valence-corrected chi connectivity index (χ4v) is 1.29. The number of halogens is 2. The quantitative estimate of drug-likeness (QED) is 0.706. The number of aromatic nitrogens is 2. The van der Waals surface area contributed by atoms with Crippen molar-refractivity contribution in [1.82, 2.24) is 14.6 Å². The molecule has 1 aromatic rings. The first-order chi connectivity index (χ1) is 5.57. The number of aryl methyl sites for hydroxylation is 2. The second kappa shape index (κ2) is 3.33. The van der Waals surface area contributed by atoms with Crippen molar-refractivity contribution in [3.05, 3.63) is 16.4 Å². The Morgan fingerprint density at radius 2 is 2.25 bits per heavy atom. The summed E-state index contributed by atoms with van der Waals surface area (Å²) in [5.74, 6) is -0.438. The topological polar surface area (TPSA) is 46.9 Å². The van der Waals surface area contributed by atoms with Crippen molar-refractivity contribution >= 4 is 29.3 Å². The molecule has 0 atom stereocenters. The van der Waals surface area contributed by atoms with Crippen molar-refractivity contribution < 1.29 is 4.79 Å². The van der Waals surface area contributed by atoms with Crippen LogP contribution in [0.2, 0.25) is 5.15 Å². The summed E-state index contributed by atoms with van der Waals surface area (Å²) in [6, 6.07) is 0. The van der Waals surface area contributed by atoms with Crippen LogP contribution in [0.5, 0.6) is 0 Å². The molecule has 0 aliphatic heterocycles. The van der Waals surface area contributed by atoms with E-state index in [2.05, 4.69) is 5.10 Å². The van der Waals surface area contributed by atoms with Crippen LogP contribution in [-0.4, -0.2) is 15.7 Å². The Labute approximate surface area is 79.6 Å². The molecular formula is C6H7Cl2N3O. The van der Waals surface area contributed by atoms with Crippen LogP contribution in [0.3, 0.4) is 0 Å². The van der Waals surface area contributed by atoms with Crippen LogP contribution in [-0.2, 0) is 7.05 Å². The van der Waals surface area contributed by atoms with Gasteiger partial charge in [-0.2, -0.15) is 5.10 Å². The number of rotatable bonds is 1. The molecule has 12 heavy (non-hydrogen) atoms. The monoisotopic (exact) mass is 207 g/mol. The van der Waals surface area contributed by atoms with Crippen LogP contribution in [0.1, 0.15) is 16.1 Å². The first-order valence-corrected chi connectivity index (χ1v) is 3.93. The van der Waals surface area contributed by atoms with Crippen LogP contribution in [0, 0.1) is 6.92 Å². The van der Waals surface area contributed by atoms with Crippen molar-refractivity contribution in [2.45, 2.75) is 6.92 Å². The Kier molecular flexibility index (Phi) is 2.59. The summed E-state index contributed by atoms with van der Waals surface area (Å²) in [7, 11) is 1.65. The van der Waals surface area contributed by atoms with Gasteiger partial charge in [0.25, 0.3) is 5.91 Å². The molecule has 6 heteroatoms. The van der Waals surface area contributed by atoms with E-state index in [0.717, 1.165) is 0 Å². The molecule has 1 aromatic heterocycles. The Morgan fingerprint density at radius 3 is 2.58 bits per heavy atom. The standard InChI is InChI=1S/C6H7Cl2N3O/c1-3-4(6(12)9-8)5(7)11(2)10-3/h1-2H3,(H,9,12). The van der Waals surface area contributed by atoms with Crippen molar-refractivity contribution in [3.8, 4) is 0 Å². The minimum atomic E-state index is -0.438. The van der Waals surface area contributed by atoms with E-state index in [1.807, 2.05) is 4.84 Å². The Morgan fingerprint density at radius 1 is 1.67 bits per heavy atom. The smallest absolute Gasteiger partial charge is 0.268 e. The summed E-state index contributed by atoms with van der Waals surface area (Å²) in [5, 5.41) is 4.23. The number of amides is 1. The van der Waals surface area contributed by atoms with Crippen LogP contribution >= 0.6 is 23.4 Å². The number of nitrogens with zero attached hydrogens (tertiary/aromatic N) is 2. The summed E-state index contributed by atoms with van der Waals surface area (Å²) in [6.07, 6.45) is 0. The van der Waals surface area contributed by atoms with Crippen LogP contribution in [0.4, 0.5) is 0 Å². The zero-order valence-electron chi connectivity index (χ0n) is 6.56. The molecule has 0 aliphatic carbocycles. The molecule has 0 spiro atoms. The van der Waals surface area contributed by atoms with Gasteiger partial charge in [0.15, 0.2) is 0 Å². The average molecular weight is 208 g/mol. The van der Waals surface area contributed by atoms with Crippen LogP contribution in [0.15, 0.2) is 0 Å². The molecule has 1 rings (SSSR count). The van der Waals surface area contributed by atoms with Crippen molar-refractivity contribution in [2.75, 3.05) is 0 Å². The molecule has 1 N–H and O–H groups in total. The second-order valence-corrected chi connectivity index (χ2v) is 2.85. The Balaban J connectivity index is 3.22. The normalized spacial score (nSPS) is 10.0. The summed E-state index contributed by atoms with van der Waals surface area (Å²) >= 11 is 10.9. The lowest BCUT2D eigenvalue weighted by atomic mass is 10.2. The first-order valence-electron chi connectivity index (χ1n) is 3.18. The van der Waals surface area contributed by atoms with Gasteiger partial charge >= 0.3 is 0 Å². The highest BCUT2D eigenvalue weighted by molar-refractivity contribution is 6.34. The van der Waals surface area contributed by atoms with Gasteiger partial charge in [0, 0.05) is 18.8 Å². The lowest BCUT2D eigenvalue weighted by molar-refractivity contribution is 0.0981. The maximum Gasteiger partial charge on any atom is 0.270 e. The lowest BCUT2D eigenvalue weighted by Crippen LogP contribution is -2.13. The molecule has 0 radical (unpaired) electrons. The molecule has 0 saturated heterocycles. The van der Waals surface area contributed by atoms with E-state index in [1.165, 1.54) is 4.68 Å². The number of carbonyl (C=O) groups is 1. The second-order valence-electron chi connectivity index (χ2n) is 2.30. The maximum absolute atomic E-state index is 11.1. The fraction of sp³-hybridized carbons (Fsp3) is 0.333. The van der Waals surface area contributed by atoms with E-state index >= 15 is 0 Å². The number of hydrogen-bond donors (Lipinski definition) is 1. The van der Waals surface area contributed by atoms with Crippen molar-refractivity contribution in [2.24, 2.45) is 7.05 Å².